The molecule has 5 heteroatoms. The van der Waals surface area contributed by atoms with Crippen LogP contribution in [0.15, 0.2) is 18.6 Å². The van der Waals surface area contributed by atoms with Crippen molar-refractivity contribution in [3.05, 3.63) is 18.6 Å². The Hall–Kier alpha value is -1.65. The lowest BCUT2D eigenvalue weighted by atomic mass is 9.99. The Morgan fingerprint density at radius 2 is 2.36 bits per heavy atom. The molecule has 76 valence electrons. The summed E-state index contributed by atoms with van der Waals surface area (Å²) in [5, 5.41) is 11.8. The second kappa shape index (κ2) is 4.04. The van der Waals surface area contributed by atoms with Gasteiger partial charge < -0.3 is 10.4 Å². The number of nitrogens with zero attached hydrogens (tertiary/aromatic N) is 2. The molecule has 0 aliphatic heterocycles. The largest absolute Gasteiger partial charge is 0.480 e. The highest BCUT2D eigenvalue weighted by molar-refractivity contribution is 5.81. The number of carbonyl (C=O) groups is 1. The molecule has 0 saturated heterocycles. The number of hydrogen-bond acceptors (Lipinski definition) is 4. The van der Waals surface area contributed by atoms with Gasteiger partial charge in [-0.25, -0.2) is 9.78 Å². The third-order valence-corrected chi connectivity index (χ3v) is 2.15. The molecule has 1 heterocycles. The van der Waals surface area contributed by atoms with Crippen LogP contribution in [0, 0.1) is 0 Å². The van der Waals surface area contributed by atoms with Crippen LogP contribution in [0.4, 0.5) is 5.82 Å². The lowest BCUT2D eigenvalue weighted by Gasteiger charge is -2.24. The smallest absolute Gasteiger partial charge is 0.329 e. The maximum Gasteiger partial charge on any atom is 0.329 e. The molecule has 14 heavy (non-hydrogen) atoms. The summed E-state index contributed by atoms with van der Waals surface area (Å²) in [6.45, 7) is 3.42. The predicted molar refractivity (Wildman–Crippen MR) is 52.0 cm³/mol. The Kier molecular flexibility index (Phi) is 3.01. The van der Waals surface area contributed by atoms with Crippen molar-refractivity contribution in [2.24, 2.45) is 0 Å². The molecule has 1 atom stereocenters. The van der Waals surface area contributed by atoms with Gasteiger partial charge in [-0.1, -0.05) is 6.92 Å². The minimum atomic E-state index is -0.990. The maximum atomic E-state index is 10.9. The van der Waals surface area contributed by atoms with Crippen molar-refractivity contribution in [2.45, 2.75) is 25.8 Å². The van der Waals surface area contributed by atoms with Crippen molar-refractivity contribution in [3.63, 3.8) is 0 Å². The number of nitrogens with one attached hydrogen (secondary N) is 1. The van der Waals surface area contributed by atoms with Gasteiger partial charge in [0, 0.05) is 12.4 Å². The fraction of sp³-hybridized carbons (Fsp3) is 0.444. The molecule has 1 aromatic rings. The summed E-state index contributed by atoms with van der Waals surface area (Å²) in [6, 6.07) is 0. The van der Waals surface area contributed by atoms with Crippen LogP contribution in [0.2, 0.25) is 0 Å². The molecule has 0 fully saturated rings. The SMILES string of the molecule is CCC(C)(Nc1cnccn1)C(=O)O. The van der Waals surface area contributed by atoms with Crippen molar-refractivity contribution in [3.8, 4) is 0 Å². The van der Waals surface area contributed by atoms with Crippen LogP contribution in [-0.2, 0) is 4.79 Å². The van der Waals surface area contributed by atoms with Crippen molar-refractivity contribution in [1.29, 1.82) is 0 Å². The Bertz CT molecular complexity index is 315. The molecule has 2 N–H and O–H groups in total. The first-order valence-corrected chi connectivity index (χ1v) is 4.36. The minimum absolute atomic E-state index is 0.471. The van der Waals surface area contributed by atoms with E-state index in [1.54, 1.807) is 13.8 Å². The summed E-state index contributed by atoms with van der Waals surface area (Å²) >= 11 is 0. The van der Waals surface area contributed by atoms with Crippen LogP contribution >= 0.6 is 0 Å². The molecule has 1 aromatic heterocycles. The minimum Gasteiger partial charge on any atom is -0.480 e. The molecule has 1 rings (SSSR count). The molecule has 0 aliphatic carbocycles. The second-order valence-electron chi connectivity index (χ2n) is 3.21. The number of rotatable bonds is 4. The van der Waals surface area contributed by atoms with Crippen LogP contribution < -0.4 is 5.32 Å². The van der Waals surface area contributed by atoms with E-state index < -0.39 is 11.5 Å². The van der Waals surface area contributed by atoms with Gasteiger partial charge in [-0.15, -0.1) is 0 Å². The van der Waals surface area contributed by atoms with Crippen molar-refractivity contribution in [1.82, 2.24) is 9.97 Å². The molecule has 0 radical (unpaired) electrons. The van der Waals surface area contributed by atoms with Gasteiger partial charge >= 0.3 is 5.97 Å². The highest BCUT2D eigenvalue weighted by Gasteiger charge is 2.31. The number of anilines is 1. The van der Waals surface area contributed by atoms with Gasteiger partial charge in [-0.2, -0.15) is 0 Å². The van der Waals surface area contributed by atoms with E-state index in [0.717, 1.165) is 0 Å². The topological polar surface area (TPSA) is 75.1 Å². The standard InChI is InChI=1S/C9H13N3O2/c1-3-9(2,8(13)14)12-7-6-10-4-5-11-7/h4-6H,3H2,1-2H3,(H,11,12)(H,13,14). The average Bonchev–Trinajstić information content (AvgIpc) is 2.19. The molecule has 0 spiro atoms. The Balaban J connectivity index is 2.81. The molecule has 0 aliphatic rings. The summed E-state index contributed by atoms with van der Waals surface area (Å²) in [7, 11) is 0. The van der Waals surface area contributed by atoms with Gasteiger partial charge in [0.15, 0.2) is 0 Å². The van der Waals surface area contributed by atoms with E-state index in [4.69, 9.17) is 5.11 Å². The van der Waals surface area contributed by atoms with Crippen LogP contribution in [0.5, 0.6) is 0 Å². The number of carboxylic acid groups (broad SMARTS) is 1. The van der Waals surface area contributed by atoms with Gasteiger partial charge in [-0.3, -0.25) is 4.98 Å². The van der Waals surface area contributed by atoms with Gasteiger partial charge in [0.05, 0.1) is 6.20 Å². The Labute approximate surface area is 82.2 Å². The van der Waals surface area contributed by atoms with Crippen LogP contribution in [0.1, 0.15) is 20.3 Å². The summed E-state index contributed by atoms with van der Waals surface area (Å²) in [4.78, 5) is 18.7. The van der Waals surface area contributed by atoms with Crippen molar-refractivity contribution >= 4 is 11.8 Å². The average molecular weight is 195 g/mol. The fourth-order valence-corrected chi connectivity index (χ4v) is 0.939. The van der Waals surface area contributed by atoms with Crippen LogP contribution in [0.3, 0.4) is 0 Å². The summed E-state index contributed by atoms with van der Waals surface area (Å²) < 4.78 is 0. The number of aromatic nitrogens is 2. The zero-order chi connectivity index (χ0) is 10.6. The van der Waals surface area contributed by atoms with Gasteiger partial charge in [0.25, 0.3) is 0 Å². The van der Waals surface area contributed by atoms with E-state index in [1.165, 1.54) is 18.6 Å². The van der Waals surface area contributed by atoms with Gasteiger partial charge in [0.2, 0.25) is 0 Å². The molecule has 0 amide bonds. The van der Waals surface area contributed by atoms with E-state index in [9.17, 15) is 4.79 Å². The monoisotopic (exact) mass is 195 g/mol. The zero-order valence-corrected chi connectivity index (χ0v) is 8.19. The fourth-order valence-electron chi connectivity index (χ4n) is 0.939. The highest BCUT2D eigenvalue weighted by atomic mass is 16.4. The molecule has 1 unspecified atom stereocenters. The highest BCUT2D eigenvalue weighted by Crippen LogP contribution is 2.15. The van der Waals surface area contributed by atoms with Gasteiger partial charge in [-0.05, 0) is 13.3 Å². The summed E-state index contributed by atoms with van der Waals surface area (Å²) in [5.41, 5.74) is -0.990. The maximum absolute atomic E-state index is 10.9. The lowest BCUT2D eigenvalue weighted by molar-refractivity contribution is -0.141. The molecule has 0 saturated carbocycles. The number of carboxylic acids is 1. The van der Waals surface area contributed by atoms with Crippen molar-refractivity contribution in [2.75, 3.05) is 5.32 Å². The quantitative estimate of drug-likeness (QED) is 0.753. The van der Waals surface area contributed by atoms with E-state index in [0.29, 0.717) is 12.2 Å². The zero-order valence-electron chi connectivity index (χ0n) is 8.19. The van der Waals surface area contributed by atoms with Gasteiger partial charge in [0.1, 0.15) is 11.4 Å². The normalized spacial score (nSPS) is 14.4. The Morgan fingerprint density at radius 3 is 2.79 bits per heavy atom. The first-order valence-electron chi connectivity index (χ1n) is 4.36. The summed E-state index contributed by atoms with van der Waals surface area (Å²) in [6.07, 6.45) is 5.02. The first-order chi connectivity index (χ1) is 6.58. The van der Waals surface area contributed by atoms with Crippen molar-refractivity contribution < 1.29 is 9.90 Å². The summed E-state index contributed by atoms with van der Waals surface area (Å²) in [5.74, 6) is -0.426. The van der Waals surface area contributed by atoms with Crippen LogP contribution in [-0.4, -0.2) is 26.6 Å². The molecule has 0 aromatic carbocycles. The predicted octanol–water partition coefficient (Wildman–Crippen LogP) is 1.14. The van der Waals surface area contributed by atoms with E-state index in [2.05, 4.69) is 15.3 Å². The third kappa shape index (κ3) is 2.18. The van der Waals surface area contributed by atoms with E-state index in [1.807, 2.05) is 0 Å². The van der Waals surface area contributed by atoms with E-state index >= 15 is 0 Å². The molecule has 5 nitrogen and oxygen atoms in total. The molecular formula is C9H13N3O2. The van der Waals surface area contributed by atoms with Crippen LogP contribution in [0.25, 0.3) is 0 Å². The molecule has 0 bridgehead atoms. The Morgan fingerprint density at radius 1 is 1.64 bits per heavy atom. The second-order valence-corrected chi connectivity index (χ2v) is 3.21. The lowest BCUT2D eigenvalue weighted by Crippen LogP contribution is -2.42. The van der Waals surface area contributed by atoms with E-state index in [-0.39, 0.29) is 0 Å². The number of hydrogen-bond donors (Lipinski definition) is 2. The third-order valence-electron chi connectivity index (χ3n) is 2.15. The number of aliphatic carboxylic acids is 1. The molecular weight excluding hydrogens is 182 g/mol. The first kappa shape index (κ1) is 10.4.